The molecule has 0 aliphatic heterocycles. The number of pyridine rings is 3. The summed E-state index contributed by atoms with van der Waals surface area (Å²) in [5.74, 6) is 0. The first-order chi connectivity index (χ1) is 10.2. The Morgan fingerprint density at radius 2 is 1.33 bits per heavy atom. The summed E-state index contributed by atoms with van der Waals surface area (Å²) in [6.45, 7) is 1.89. The predicted molar refractivity (Wildman–Crippen MR) is 79.5 cm³/mol. The fourth-order valence-corrected chi connectivity index (χ4v) is 2.29. The minimum atomic E-state index is -1.46. The van der Waals surface area contributed by atoms with Crippen molar-refractivity contribution in [2.24, 2.45) is 0 Å². The monoisotopic (exact) mass is 277 g/mol. The number of hydrogen-bond acceptors (Lipinski definition) is 4. The van der Waals surface area contributed by atoms with Crippen molar-refractivity contribution in [3.05, 3.63) is 89.8 Å². The van der Waals surface area contributed by atoms with Crippen molar-refractivity contribution in [1.82, 2.24) is 15.0 Å². The minimum absolute atomic E-state index is 0.502. The zero-order chi connectivity index (χ0) is 14.7. The lowest BCUT2D eigenvalue weighted by Crippen LogP contribution is -2.32. The maximum atomic E-state index is 11.4. The normalized spacial score (nSPS) is 11.3. The lowest BCUT2D eigenvalue weighted by Gasteiger charge is -2.26. The molecule has 104 valence electrons. The van der Waals surface area contributed by atoms with E-state index in [0.29, 0.717) is 17.1 Å². The number of aromatic nitrogens is 3. The van der Waals surface area contributed by atoms with Gasteiger partial charge in [-0.25, -0.2) is 0 Å². The van der Waals surface area contributed by atoms with Crippen LogP contribution < -0.4 is 0 Å². The molecule has 3 aromatic heterocycles. The molecular weight excluding hydrogens is 262 g/mol. The van der Waals surface area contributed by atoms with E-state index in [2.05, 4.69) is 15.0 Å². The topological polar surface area (TPSA) is 58.9 Å². The largest absolute Gasteiger partial charge is 0.372 e. The Labute approximate surface area is 123 Å². The highest BCUT2D eigenvalue weighted by atomic mass is 16.3. The molecule has 0 aliphatic carbocycles. The van der Waals surface area contributed by atoms with Crippen LogP contribution in [0.2, 0.25) is 0 Å². The van der Waals surface area contributed by atoms with Crippen molar-refractivity contribution in [3.8, 4) is 0 Å². The predicted octanol–water partition coefficient (Wildman–Crippen LogP) is 2.46. The van der Waals surface area contributed by atoms with Crippen LogP contribution >= 0.6 is 0 Å². The second kappa shape index (κ2) is 5.42. The Bertz CT molecular complexity index is 690. The third-order valence-electron chi connectivity index (χ3n) is 3.33. The fraction of sp³-hybridized carbons (Fsp3) is 0.118. The molecule has 0 radical (unpaired) electrons. The molecule has 0 atom stereocenters. The van der Waals surface area contributed by atoms with E-state index in [1.807, 2.05) is 43.3 Å². The van der Waals surface area contributed by atoms with E-state index in [1.54, 1.807) is 30.6 Å². The number of hydrogen-bond donors (Lipinski definition) is 1. The van der Waals surface area contributed by atoms with Crippen molar-refractivity contribution in [1.29, 1.82) is 0 Å². The summed E-state index contributed by atoms with van der Waals surface area (Å²) in [6, 6.07) is 16.4. The standard InChI is InChI=1S/C17H15N3O/c1-13-7-6-10-16(20-13)17(21,14-8-2-4-11-18-14)15-9-3-5-12-19-15/h2-12,21H,1H3. The van der Waals surface area contributed by atoms with Gasteiger partial charge in [-0.15, -0.1) is 0 Å². The molecule has 0 saturated heterocycles. The summed E-state index contributed by atoms with van der Waals surface area (Å²) in [5.41, 5.74) is 0.885. The van der Waals surface area contributed by atoms with E-state index in [9.17, 15) is 5.11 Å². The summed E-state index contributed by atoms with van der Waals surface area (Å²) < 4.78 is 0. The zero-order valence-electron chi connectivity index (χ0n) is 11.6. The van der Waals surface area contributed by atoms with E-state index in [0.717, 1.165) is 5.69 Å². The average molecular weight is 277 g/mol. The molecular formula is C17H15N3O. The molecule has 0 bridgehead atoms. The third-order valence-corrected chi connectivity index (χ3v) is 3.33. The summed E-state index contributed by atoms with van der Waals surface area (Å²) in [5, 5.41) is 11.4. The first kappa shape index (κ1) is 13.4. The molecule has 4 nitrogen and oxygen atoms in total. The van der Waals surface area contributed by atoms with Crippen LogP contribution in [0.5, 0.6) is 0 Å². The molecule has 4 heteroatoms. The molecule has 0 saturated carbocycles. The van der Waals surface area contributed by atoms with Gasteiger partial charge in [0.25, 0.3) is 0 Å². The fourth-order valence-electron chi connectivity index (χ4n) is 2.29. The van der Waals surface area contributed by atoms with Crippen molar-refractivity contribution < 1.29 is 5.11 Å². The molecule has 21 heavy (non-hydrogen) atoms. The number of aryl methyl sites for hydroxylation is 1. The molecule has 0 spiro atoms. The van der Waals surface area contributed by atoms with Crippen LogP contribution in [0.3, 0.4) is 0 Å². The summed E-state index contributed by atoms with van der Waals surface area (Å²) >= 11 is 0. The van der Waals surface area contributed by atoms with Gasteiger partial charge in [0.15, 0.2) is 5.60 Å². The molecule has 0 aromatic carbocycles. The van der Waals surface area contributed by atoms with E-state index >= 15 is 0 Å². The van der Waals surface area contributed by atoms with Gasteiger partial charge in [0.1, 0.15) is 0 Å². The van der Waals surface area contributed by atoms with Gasteiger partial charge in [-0.2, -0.15) is 0 Å². The molecule has 1 N–H and O–H groups in total. The van der Waals surface area contributed by atoms with Crippen LogP contribution in [0.15, 0.2) is 67.0 Å². The number of nitrogens with zero attached hydrogens (tertiary/aromatic N) is 3. The highest BCUT2D eigenvalue weighted by Crippen LogP contribution is 2.32. The van der Waals surface area contributed by atoms with Gasteiger partial charge in [0.05, 0.1) is 17.1 Å². The van der Waals surface area contributed by atoms with Crippen molar-refractivity contribution in [3.63, 3.8) is 0 Å². The second-order valence-electron chi connectivity index (χ2n) is 4.80. The van der Waals surface area contributed by atoms with Gasteiger partial charge in [-0.1, -0.05) is 18.2 Å². The van der Waals surface area contributed by atoms with E-state index in [-0.39, 0.29) is 0 Å². The van der Waals surface area contributed by atoms with Crippen molar-refractivity contribution >= 4 is 0 Å². The number of rotatable bonds is 3. The highest BCUT2D eigenvalue weighted by molar-refractivity contribution is 5.38. The Hall–Kier alpha value is -2.59. The smallest absolute Gasteiger partial charge is 0.191 e. The summed E-state index contributed by atoms with van der Waals surface area (Å²) in [4.78, 5) is 13.1. The molecule has 3 aromatic rings. The quantitative estimate of drug-likeness (QED) is 0.799. The maximum Gasteiger partial charge on any atom is 0.191 e. The second-order valence-corrected chi connectivity index (χ2v) is 4.80. The van der Waals surface area contributed by atoms with Gasteiger partial charge in [0.2, 0.25) is 0 Å². The number of aliphatic hydroxyl groups is 1. The van der Waals surface area contributed by atoms with Gasteiger partial charge in [-0.3, -0.25) is 15.0 Å². The first-order valence-electron chi connectivity index (χ1n) is 6.71. The van der Waals surface area contributed by atoms with Crippen LogP contribution in [-0.2, 0) is 5.60 Å². The Kier molecular flexibility index (Phi) is 3.46. The Morgan fingerprint density at radius 3 is 1.81 bits per heavy atom. The minimum Gasteiger partial charge on any atom is -0.372 e. The summed E-state index contributed by atoms with van der Waals surface area (Å²) in [7, 11) is 0. The first-order valence-corrected chi connectivity index (χ1v) is 6.71. The Balaban J connectivity index is 2.25. The third kappa shape index (κ3) is 2.41. The maximum absolute atomic E-state index is 11.4. The molecule has 3 rings (SSSR count). The van der Waals surface area contributed by atoms with Crippen LogP contribution in [0.1, 0.15) is 22.8 Å². The molecule has 0 fully saturated rings. The zero-order valence-corrected chi connectivity index (χ0v) is 11.6. The SMILES string of the molecule is Cc1cccc(C(O)(c2ccccn2)c2ccccn2)n1. The molecule has 0 amide bonds. The molecule has 0 unspecified atom stereocenters. The van der Waals surface area contributed by atoms with Gasteiger partial charge >= 0.3 is 0 Å². The lowest BCUT2D eigenvalue weighted by molar-refractivity contribution is 0.111. The van der Waals surface area contributed by atoms with Crippen molar-refractivity contribution in [2.45, 2.75) is 12.5 Å². The van der Waals surface area contributed by atoms with E-state index < -0.39 is 5.60 Å². The summed E-state index contributed by atoms with van der Waals surface area (Å²) in [6.07, 6.45) is 3.30. The molecule has 0 aliphatic rings. The van der Waals surface area contributed by atoms with Crippen LogP contribution in [0.4, 0.5) is 0 Å². The van der Waals surface area contributed by atoms with Gasteiger partial charge in [-0.05, 0) is 43.3 Å². The average Bonchev–Trinajstić information content (AvgIpc) is 2.56. The van der Waals surface area contributed by atoms with Gasteiger partial charge in [0, 0.05) is 18.1 Å². The van der Waals surface area contributed by atoms with E-state index in [4.69, 9.17) is 0 Å². The van der Waals surface area contributed by atoms with Crippen LogP contribution in [-0.4, -0.2) is 20.1 Å². The van der Waals surface area contributed by atoms with Crippen LogP contribution in [0.25, 0.3) is 0 Å². The lowest BCUT2D eigenvalue weighted by atomic mass is 9.90. The van der Waals surface area contributed by atoms with Crippen molar-refractivity contribution in [2.75, 3.05) is 0 Å². The highest BCUT2D eigenvalue weighted by Gasteiger charge is 2.38. The Morgan fingerprint density at radius 1 is 0.762 bits per heavy atom. The van der Waals surface area contributed by atoms with E-state index in [1.165, 1.54) is 0 Å². The molecule has 3 heterocycles. The van der Waals surface area contributed by atoms with Crippen LogP contribution in [0, 0.1) is 6.92 Å². The van der Waals surface area contributed by atoms with Gasteiger partial charge < -0.3 is 5.11 Å².